The van der Waals surface area contributed by atoms with Crippen LogP contribution in [0.2, 0.25) is 0 Å². The fourth-order valence-electron chi connectivity index (χ4n) is 3.12. The maximum Gasteiger partial charge on any atom is 0.196 e. The molecule has 25 heavy (non-hydrogen) atoms. The molecule has 3 rings (SSSR count). The highest BCUT2D eigenvalue weighted by atomic mass is 35.5. The predicted octanol–water partition coefficient (Wildman–Crippen LogP) is 4.07. The molecule has 0 amide bonds. The van der Waals surface area contributed by atoms with Gasteiger partial charge in [-0.25, -0.2) is 0 Å². The van der Waals surface area contributed by atoms with Crippen molar-refractivity contribution in [3.05, 3.63) is 94.7 Å². The lowest BCUT2D eigenvalue weighted by Gasteiger charge is -2.34. The molecule has 4 heteroatoms. The van der Waals surface area contributed by atoms with Crippen molar-refractivity contribution in [2.75, 3.05) is 14.1 Å². The first kappa shape index (κ1) is 17.5. The van der Waals surface area contributed by atoms with E-state index in [-0.39, 0.29) is 5.78 Å². The third kappa shape index (κ3) is 3.53. The molecule has 1 unspecified atom stereocenters. The zero-order valence-corrected chi connectivity index (χ0v) is 15.1. The van der Waals surface area contributed by atoms with Crippen LogP contribution in [0.3, 0.4) is 0 Å². The third-order valence-electron chi connectivity index (χ3n) is 4.25. The van der Waals surface area contributed by atoms with Gasteiger partial charge in [0.25, 0.3) is 0 Å². The number of allylic oxidation sites excluding steroid dienone is 2. The van der Waals surface area contributed by atoms with Gasteiger partial charge in [0, 0.05) is 18.3 Å². The third-order valence-corrected chi connectivity index (χ3v) is 4.49. The van der Waals surface area contributed by atoms with Crippen molar-refractivity contribution >= 4 is 17.4 Å². The number of rotatable bonds is 5. The van der Waals surface area contributed by atoms with Crippen LogP contribution >= 0.6 is 11.6 Å². The summed E-state index contributed by atoms with van der Waals surface area (Å²) in [6, 6.07) is 17.4. The molecule has 2 aromatic carbocycles. The second kappa shape index (κ2) is 7.26. The smallest absolute Gasteiger partial charge is 0.196 e. The number of benzene rings is 2. The number of hydrogen-bond acceptors (Lipinski definition) is 3. The average molecular weight is 353 g/mol. The van der Waals surface area contributed by atoms with Crippen molar-refractivity contribution in [3.63, 3.8) is 0 Å². The lowest BCUT2D eigenvalue weighted by atomic mass is 9.79. The maximum atomic E-state index is 13.5. The summed E-state index contributed by atoms with van der Waals surface area (Å²) in [7, 11) is 4.03. The van der Waals surface area contributed by atoms with Crippen molar-refractivity contribution in [2.24, 2.45) is 0 Å². The number of halogens is 1. The van der Waals surface area contributed by atoms with Gasteiger partial charge in [-0.3, -0.25) is 4.79 Å². The van der Waals surface area contributed by atoms with E-state index in [0.717, 1.165) is 17.7 Å². The molecule has 1 atom stereocenters. The SMILES string of the molecule is CN(C)Cc1ccccc1C1(C(=O)c2ccccc2)C=CC(Cl)=CN1. The monoisotopic (exact) mass is 352 g/mol. The number of nitrogens with one attached hydrogen (secondary N) is 1. The van der Waals surface area contributed by atoms with Crippen LogP contribution in [0.5, 0.6) is 0 Å². The Bertz CT molecular complexity index is 827. The summed E-state index contributed by atoms with van der Waals surface area (Å²) in [5.74, 6) is -0.00373. The Morgan fingerprint density at radius 2 is 1.76 bits per heavy atom. The van der Waals surface area contributed by atoms with Crippen molar-refractivity contribution in [1.29, 1.82) is 0 Å². The summed E-state index contributed by atoms with van der Waals surface area (Å²) in [6.07, 6.45) is 5.33. The van der Waals surface area contributed by atoms with Gasteiger partial charge in [0.05, 0.1) is 5.03 Å². The first-order valence-electron chi connectivity index (χ1n) is 8.18. The highest BCUT2D eigenvalue weighted by Crippen LogP contribution is 2.34. The van der Waals surface area contributed by atoms with Crippen LogP contribution in [0, 0.1) is 0 Å². The number of ketones is 1. The molecule has 2 aromatic rings. The van der Waals surface area contributed by atoms with E-state index in [9.17, 15) is 4.79 Å². The van der Waals surface area contributed by atoms with Crippen LogP contribution in [0.25, 0.3) is 0 Å². The summed E-state index contributed by atoms with van der Waals surface area (Å²) in [6.45, 7) is 0.743. The average Bonchev–Trinajstić information content (AvgIpc) is 2.63. The topological polar surface area (TPSA) is 32.3 Å². The molecule has 0 spiro atoms. The fourth-order valence-corrected chi connectivity index (χ4v) is 3.23. The molecule has 3 nitrogen and oxygen atoms in total. The molecule has 1 heterocycles. The zero-order chi connectivity index (χ0) is 17.9. The fraction of sp³-hybridized carbons (Fsp3) is 0.190. The number of carbonyl (C=O) groups is 1. The molecule has 0 saturated heterocycles. The first-order chi connectivity index (χ1) is 12.0. The van der Waals surface area contributed by atoms with Crippen LogP contribution in [0.15, 0.2) is 78.0 Å². The molecule has 0 aliphatic carbocycles. The van der Waals surface area contributed by atoms with Crippen molar-refractivity contribution in [2.45, 2.75) is 12.1 Å². The highest BCUT2D eigenvalue weighted by molar-refractivity contribution is 6.31. The molecular formula is C21H21ClN2O. The van der Waals surface area contributed by atoms with E-state index >= 15 is 0 Å². The van der Waals surface area contributed by atoms with Gasteiger partial charge < -0.3 is 10.2 Å². The second-order valence-corrected chi connectivity index (χ2v) is 6.84. The minimum atomic E-state index is -0.966. The number of Topliss-reactive ketones (excluding diaryl/α,β-unsaturated/α-hetero) is 1. The standard InChI is InChI=1S/C21H21ClN2O/c1-24(2)15-17-10-6-7-11-19(17)21(13-12-18(22)14-23-21)20(25)16-8-4-3-5-9-16/h3-14,23H,15H2,1-2H3. The lowest BCUT2D eigenvalue weighted by Crippen LogP contribution is -2.47. The normalized spacial score (nSPS) is 19.4. The number of hydrogen-bond donors (Lipinski definition) is 1. The Balaban J connectivity index is 2.15. The molecule has 0 bridgehead atoms. The van der Waals surface area contributed by atoms with E-state index in [1.54, 1.807) is 12.3 Å². The van der Waals surface area contributed by atoms with Gasteiger partial charge in [-0.1, -0.05) is 66.2 Å². The molecule has 1 aliphatic rings. The summed E-state index contributed by atoms with van der Waals surface area (Å²) in [4.78, 5) is 15.6. The van der Waals surface area contributed by atoms with E-state index < -0.39 is 5.54 Å². The minimum absolute atomic E-state index is 0.00373. The summed E-state index contributed by atoms with van der Waals surface area (Å²) >= 11 is 6.10. The van der Waals surface area contributed by atoms with E-state index in [1.807, 2.05) is 68.7 Å². The van der Waals surface area contributed by atoms with E-state index in [4.69, 9.17) is 11.6 Å². The number of carbonyl (C=O) groups excluding carboxylic acids is 1. The maximum absolute atomic E-state index is 13.5. The second-order valence-electron chi connectivity index (χ2n) is 6.40. The van der Waals surface area contributed by atoms with Gasteiger partial charge in [0.2, 0.25) is 0 Å². The Hall–Kier alpha value is -2.36. The van der Waals surface area contributed by atoms with Gasteiger partial charge in [0.1, 0.15) is 5.54 Å². The minimum Gasteiger partial charge on any atom is -0.370 e. The summed E-state index contributed by atoms with van der Waals surface area (Å²) in [5, 5.41) is 3.83. The zero-order valence-electron chi connectivity index (χ0n) is 14.4. The van der Waals surface area contributed by atoms with Gasteiger partial charge in [0.15, 0.2) is 5.78 Å². The Labute approximate surface area is 153 Å². The van der Waals surface area contributed by atoms with E-state index in [1.165, 1.54) is 0 Å². The molecule has 1 aliphatic heterocycles. The van der Waals surface area contributed by atoms with Crippen molar-refractivity contribution in [1.82, 2.24) is 10.2 Å². The van der Waals surface area contributed by atoms with Crippen LogP contribution in [-0.4, -0.2) is 24.8 Å². The molecule has 0 saturated carbocycles. The Morgan fingerprint density at radius 1 is 1.08 bits per heavy atom. The van der Waals surface area contributed by atoms with Crippen LogP contribution < -0.4 is 5.32 Å². The van der Waals surface area contributed by atoms with Gasteiger partial charge in [-0.2, -0.15) is 0 Å². The first-order valence-corrected chi connectivity index (χ1v) is 8.56. The molecule has 0 aromatic heterocycles. The molecule has 1 N–H and O–H groups in total. The van der Waals surface area contributed by atoms with E-state index in [0.29, 0.717) is 10.6 Å². The van der Waals surface area contributed by atoms with Gasteiger partial charge in [-0.05, 0) is 37.4 Å². The van der Waals surface area contributed by atoms with Crippen molar-refractivity contribution in [3.8, 4) is 0 Å². The quantitative estimate of drug-likeness (QED) is 0.823. The summed E-state index contributed by atoms with van der Waals surface area (Å²) in [5.41, 5.74) is 1.73. The van der Waals surface area contributed by atoms with E-state index in [2.05, 4.69) is 16.3 Å². The number of dihydropyridines is 1. The van der Waals surface area contributed by atoms with Gasteiger partial charge >= 0.3 is 0 Å². The number of nitrogens with zero attached hydrogens (tertiary/aromatic N) is 1. The lowest BCUT2D eigenvalue weighted by molar-refractivity contribution is 0.0899. The molecule has 0 fully saturated rings. The van der Waals surface area contributed by atoms with Crippen LogP contribution in [-0.2, 0) is 12.1 Å². The van der Waals surface area contributed by atoms with Crippen LogP contribution in [0.4, 0.5) is 0 Å². The van der Waals surface area contributed by atoms with Gasteiger partial charge in [-0.15, -0.1) is 0 Å². The highest BCUT2D eigenvalue weighted by Gasteiger charge is 2.40. The Morgan fingerprint density at radius 3 is 2.40 bits per heavy atom. The molecule has 0 radical (unpaired) electrons. The predicted molar refractivity (Wildman–Crippen MR) is 102 cm³/mol. The molecular weight excluding hydrogens is 332 g/mol. The Kier molecular flexibility index (Phi) is 5.07. The van der Waals surface area contributed by atoms with Crippen LogP contribution in [0.1, 0.15) is 21.5 Å². The molecule has 128 valence electrons. The largest absolute Gasteiger partial charge is 0.370 e. The van der Waals surface area contributed by atoms with Crippen molar-refractivity contribution < 1.29 is 4.79 Å². The summed E-state index contributed by atoms with van der Waals surface area (Å²) < 4.78 is 0.